The highest BCUT2D eigenvalue weighted by Gasteiger charge is 2.38. The van der Waals surface area contributed by atoms with E-state index in [9.17, 15) is 4.79 Å². The van der Waals surface area contributed by atoms with Crippen molar-refractivity contribution < 1.29 is 14.0 Å². The van der Waals surface area contributed by atoms with Gasteiger partial charge in [-0.05, 0) is 55.7 Å². The van der Waals surface area contributed by atoms with Crippen LogP contribution in [0.4, 0.5) is 0 Å². The molecule has 0 radical (unpaired) electrons. The Balaban J connectivity index is 2.76. The third kappa shape index (κ3) is 5.19. The Morgan fingerprint density at radius 1 is 1.24 bits per heavy atom. The van der Waals surface area contributed by atoms with Gasteiger partial charge in [-0.3, -0.25) is 4.79 Å². The van der Waals surface area contributed by atoms with Crippen molar-refractivity contribution in [2.24, 2.45) is 0 Å². The molecule has 0 fully saturated rings. The van der Waals surface area contributed by atoms with E-state index in [4.69, 9.17) is 9.16 Å². The lowest BCUT2D eigenvalue weighted by atomic mass is 10.2. The van der Waals surface area contributed by atoms with Crippen LogP contribution in [0.1, 0.15) is 39.7 Å². The number of hydrogen-bond donors (Lipinski definition) is 0. The van der Waals surface area contributed by atoms with Gasteiger partial charge in [-0.15, -0.1) is 0 Å². The highest BCUT2D eigenvalue weighted by molar-refractivity contribution is 6.74. The predicted molar refractivity (Wildman–Crippen MR) is 89.8 cm³/mol. The fourth-order valence-electron chi connectivity index (χ4n) is 1.60. The maximum Gasteiger partial charge on any atom is 0.250 e. The summed E-state index contributed by atoms with van der Waals surface area (Å²) in [6.45, 7) is 15.2. The molecule has 0 unspecified atom stereocenters. The van der Waals surface area contributed by atoms with Crippen LogP contribution in [0.25, 0.3) is 0 Å². The lowest BCUT2D eigenvalue weighted by molar-refractivity contribution is -0.117. The standard InChI is InChI=1S/C17H28O3Si/c1-13-12-15(20-21(6,7)17(3,4)5)8-9-16(13)19-11-10-14(2)18/h8-9,12H,10-11H2,1-7H3. The number of benzene rings is 1. The van der Waals surface area contributed by atoms with Gasteiger partial charge in [-0.25, -0.2) is 0 Å². The second-order valence-electron chi connectivity index (χ2n) is 7.09. The minimum atomic E-state index is -1.81. The Kier molecular flexibility index (Phi) is 5.62. The summed E-state index contributed by atoms with van der Waals surface area (Å²) in [6.07, 6.45) is 0.446. The van der Waals surface area contributed by atoms with Gasteiger partial charge in [0.15, 0.2) is 0 Å². The second kappa shape index (κ2) is 6.65. The van der Waals surface area contributed by atoms with E-state index in [1.807, 2.05) is 25.1 Å². The van der Waals surface area contributed by atoms with Gasteiger partial charge in [-0.1, -0.05) is 20.8 Å². The van der Waals surface area contributed by atoms with Crippen LogP contribution in [0.5, 0.6) is 11.5 Å². The van der Waals surface area contributed by atoms with E-state index in [1.54, 1.807) is 6.92 Å². The first kappa shape index (κ1) is 17.8. The Morgan fingerprint density at radius 2 is 1.86 bits per heavy atom. The first-order chi connectivity index (χ1) is 9.53. The molecule has 0 aliphatic carbocycles. The maximum absolute atomic E-state index is 10.9. The van der Waals surface area contributed by atoms with E-state index in [2.05, 4.69) is 33.9 Å². The van der Waals surface area contributed by atoms with Crippen LogP contribution in [0.3, 0.4) is 0 Å². The van der Waals surface area contributed by atoms with Crippen LogP contribution in [-0.2, 0) is 4.79 Å². The molecule has 0 bridgehead atoms. The van der Waals surface area contributed by atoms with Crippen molar-refractivity contribution in [2.45, 2.75) is 59.2 Å². The zero-order chi connectivity index (χ0) is 16.3. The van der Waals surface area contributed by atoms with Crippen LogP contribution in [0.2, 0.25) is 18.1 Å². The van der Waals surface area contributed by atoms with Crippen molar-refractivity contribution in [3.63, 3.8) is 0 Å². The van der Waals surface area contributed by atoms with Crippen molar-refractivity contribution in [3.8, 4) is 11.5 Å². The Bertz CT molecular complexity index is 501. The smallest absolute Gasteiger partial charge is 0.250 e. The first-order valence-corrected chi connectivity index (χ1v) is 10.4. The van der Waals surface area contributed by atoms with Gasteiger partial charge in [0.1, 0.15) is 17.3 Å². The number of carbonyl (C=O) groups excluding carboxylic acids is 1. The Morgan fingerprint density at radius 3 is 2.33 bits per heavy atom. The predicted octanol–water partition coefficient (Wildman–Crippen LogP) is 4.74. The number of rotatable bonds is 6. The van der Waals surface area contributed by atoms with Crippen molar-refractivity contribution >= 4 is 14.1 Å². The monoisotopic (exact) mass is 308 g/mol. The zero-order valence-electron chi connectivity index (χ0n) is 14.4. The molecule has 0 aliphatic rings. The minimum absolute atomic E-state index is 0.144. The number of aryl methyl sites for hydroxylation is 1. The topological polar surface area (TPSA) is 35.5 Å². The SMILES string of the molecule is CC(=O)CCOc1ccc(O[Si](C)(C)C(C)(C)C)cc1C. The van der Waals surface area contributed by atoms with E-state index in [0.717, 1.165) is 17.1 Å². The van der Waals surface area contributed by atoms with Gasteiger partial charge in [0.25, 0.3) is 0 Å². The van der Waals surface area contributed by atoms with Crippen LogP contribution >= 0.6 is 0 Å². The van der Waals surface area contributed by atoms with Crippen molar-refractivity contribution in [1.82, 2.24) is 0 Å². The number of Topliss-reactive ketones (excluding diaryl/α,β-unsaturated/α-hetero) is 1. The van der Waals surface area contributed by atoms with Crippen molar-refractivity contribution in [3.05, 3.63) is 23.8 Å². The summed E-state index contributed by atoms with van der Waals surface area (Å²) >= 11 is 0. The fourth-order valence-corrected chi connectivity index (χ4v) is 2.62. The summed E-state index contributed by atoms with van der Waals surface area (Å²) in [5, 5.41) is 0.178. The third-order valence-electron chi connectivity index (χ3n) is 4.04. The molecule has 0 aromatic heterocycles. The van der Waals surface area contributed by atoms with Crippen molar-refractivity contribution in [2.75, 3.05) is 6.61 Å². The average Bonchev–Trinajstić information content (AvgIpc) is 2.29. The molecule has 0 atom stereocenters. The molecule has 0 spiro atoms. The Hall–Kier alpha value is -1.29. The van der Waals surface area contributed by atoms with E-state index < -0.39 is 8.32 Å². The molecule has 0 amide bonds. The highest BCUT2D eigenvalue weighted by Crippen LogP contribution is 2.38. The molecule has 0 saturated carbocycles. The van der Waals surface area contributed by atoms with Gasteiger partial charge in [-0.2, -0.15) is 0 Å². The summed E-state index contributed by atoms with van der Waals surface area (Å²) in [6, 6.07) is 5.90. The van der Waals surface area contributed by atoms with Crippen molar-refractivity contribution in [1.29, 1.82) is 0 Å². The quantitative estimate of drug-likeness (QED) is 0.712. The number of ether oxygens (including phenoxy) is 1. The molecule has 118 valence electrons. The van der Waals surface area contributed by atoms with Crippen LogP contribution in [0.15, 0.2) is 18.2 Å². The first-order valence-electron chi connectivity index (χ1n) is 7.45. The van der Waals surface area contributed by atoms with E-state index in [-0.39, 0.29) is 10.8 Å². The molecule has 0 heterocycles. The summed E-state index contributed by atoms with van der Waals surface area (Å²) < 4.78 is 11.9. The summed E-state index contributed by atoms with van der Waals surface area (Å²) in [4.78, 5) is 10.9. The number of carbonyl (C=O) groups is 1. The molecule has 21 heavy (non-hydrogen) atoms. The second-order valence-corrected chi connectivity index (χ2v) is 11.8. The normalized spacial score (nSPS) is 12.1. The highest BCUT2D eigenvalue weighted by atomic mass is 28.4. The van der Waals surface area contributed by atoms with Crippen LogP contribution in [0, 0.1) is 6.92 Å². The molecule has 0 aliphatic heterocycles. The largest absolute Gasteiger partial charge is 0.543 e. The molecule has 4 heteroatoms. The van der Waals surface area contributed by atoms with Gasteiger partial charge in [0.05, 0.1) is 6.61 Å². The molecule has 0 saturated heterocycles. The molecular formula is C17H28O3Si. The number of ketones is 1. The molecule has 3 nitrogen and oxygen atoms in total. The number of hydrogen-bond acceptors (Lipinski definition) is 3. The molecule has 0 N–H and O–H groups in total. The average molecular weight is 308 g/mol. The van der Waals surface area contributed by atoms with Crippen LogP contribution < -0.4 is 9.16 Å². The van der Waals surface area contributed by atoms with E-state index in [0.29, 0.717) is 13.0 Å². The molecule has 1 rings (SSSR count). The fraction of sp³-hybridized carbons (Fsp3) is 0.588. The van der Waals surface area contributed by atoms with Gasteiger partial charge >= 0.3 is 0 Å². The van der Waals surface area contributed by atoms with E-state index >= 15 is 0 Å². The van der Waals surface area contributed by atoms with Gasteiger partial charge in [0, 0.05) is 6.42 Å². The summed E-state index contributed by atoms with van der Waals surface area (Å²) in [5.74, 6) is 1.86. The lowest BCUT2D eigenvalue weighted by Gasteiger charge is -2.36. The zero-order valence-corrected chi connectivity index (χ0v) is 15.4. The Labute approximate surface area is 129 Å². The van der Waals surface area contributed by atoms with Crippen LogP contribution in [-0.4, -0.2) is 20.7 Å². The van der Waals surface area contributed by atoms with Gasteiger partial charge < -0.3 is 9.16 Å². The third-order valence-corrected chi connectivity index (χ3v) is 8.40. The summed E-state index contributed by atoms with van der Waals surface area (Å²) in [7, 11) is -1.81. The molecule has 1 aromatic carbocycles. The maximum atomic E-state index is 10.9. The molecule has 1 aromatic rings. The van der Waals surface area contributed by atoms with E-state index in [1.165, 1.54) is 0 Å². The minimum Gasteiger partial charge on any atom is -0.543 e. The van der Waals surface area contributed by atoms with Gasteiger partial charge in [0.2, 0.25) is 8.32 Å². The lowest BCUT2D eigenvalue weighted by Crippen LogP contribution is -2.43. The summed E-state index contributed by atoms with van der Waals surface area (Å²) in [5.41, 5.74) is 1.04. The molecular weight excluding hydrogens is 280 g/mol.